The van der Waals surface area contributed by atoms with Crippen LogP contribution in [0.3, 0.4) is 0 Å². The SMILES string of the molecule is O=P([O-])([O-])Oc1ccccc1.O=P([O-])([O-])Oc1ccccc1.[Na+].[Na+].[Na+].[Na+]. The van der Waals surface area contributed by atoms with Crippen molar-refractivity contribution in [2.75, 3.05) is 0 Å². The van der Waals surface area contributed by atoms with Crippen molar-refractivity contribution in [3.8, 4) is 11.5 Å². The van der Waals surface area contributed by atoms with Crippen LogP contribution in [0.25, 0.3) is 0 Å². The Morgan fingerprint density at radius 2 is 0.769 bits per heavy atom. The Bertz CT molecular complexity index is 606. The average molecular weight is 436 g/mol. The van der Waals surface area contributed by atoms with Crippen LogP contribution in [0.15, 0.2) is 60.7 Å². The number of para-hydroxylation sites is 2. The molecule has 0 unspecified atom stereocenters. The zero-order chi connectivity index (χ0) is 16.6. The Balaban J connectivity index is -0.000000161. The largest absolute Gasteiger partial charge is 1.00 e. The van der Waals surface area contributed by atoms with E-state index >= 15 is 0 Å². The van der Waals surface area contributed by atoms with Crippen LogP contribution in [0.5, 0.6) is 11.5 Å². The number of hydrogen-bond acceptors (Lipinski definition) is 8. The molecule has 0 bridgehead atoms. The van der Waals surface area contributed by atoms with E-state index in [0.29, 0.717) is 0 Å². The van der Waals surface area contributed by atoms with Crippen molar-refractivity contribution in [3.63, 3.8) is 0 Å². The molecule has 0 radical (unpaired) electrons. The summed E-state index contributed by atoms with van der Waals surface area (Å²) in [5.74, 6) is 0.0849. The van der Waals surface area contributed by atoms with Crippen LogP contribution in [-0.2, 0) is 9.13 Å². The minimum Gasteiger partial charge on any atom is -0.780 e. The predicted molar refractivity (Wildman–Crippen MR) is 69.4 cm³/mol. The molecule has 0 aliphatic carbocycles. The molecule has 0 atom stereocenters. The second-order valence-corrected chi connectivity index (χ2v) is 5.86. The Morgan fingerprint density at radius 1 is 0.538 bits per heavy atom. The number of benzene rings is 2. The van der Waals surface area contributed by atoms with E-state index in [1.165, 1.54) is 24.3 Å². The zero-order valence-electron chi connectivity index (χ0n) is 14.9. The van der Waals surface area contributed by atoms with Crippen molar-refractivity contribution < 1.29 is 156 Å². The van der Waals surface area contributed by atoms with Gasteiger partial charge in [0.2, 0.25) is 0 Å². The van der Waals surface area contributed by atoms with Gasteiger partial charge >= 0.3 is 118 Å². The van der Waals surface area contributed by atoms with E-state index in [0.717, 1.165) is 0 Å². The van der Waals surface area contributed by atoms with Gasteiger partial charge in [-0.15, -0.1) is 0 Å². The molecular formula is C12H10Na4O8P2. The molecule has 0 aliphatic heterocycles. The minimum absolute atomic E-state index is 0. The Morgan fingerprint density at radius 3 is 0.962 bits per heavy atom. The molecule has 0 aliphatic rings. The van der Waals surface area contributed by atoms with Gasteiger partial charge in [0, 0.05) is 0 Å². The molecule has 0 heterocycles. The maximum Gasteiger partial charge on any atom is 1.00 e. The molecule has 2 rings (SSSR count). The first-order valence-corrected chi connectivity index (χ1v) is 8.61. The summed E-state index contributed by atoms with van der Waals surface area (Å²) in [5, 5.41) is 0. The van der Waals surface area contributed by atoms with Gasteiger partial charge in [-0.3, -0.25) is 0 Å². The van der Waals surface area contributed by atoms with Gasteiger partial charge in [0.05, 0.1) is 0 Å². The molecule has 8 nitrogen and oxygen atoms in total. The molecule has 0 aromatic heterocycles. The second-order valence-electron chi connectivity index (χ2n) is 3.70. The molecule has 0 saturated carbocycles. The van der Waals surface area contributed by atoms with Crippen LogP contribution in [-0.4, -0.2) is 0 Å². The molecule has 2 aromatic rings. The van der Waals surface area contributed by atoms with Crippen molar-refractivity contribution >= 4 is 15.6 Å². The summed E-state index contributed by atoms with van der Waals surface area (Å²) < 4.78 is 28.2. The van der Waals surface area contributed by atoms with Crippen LogP contribution in [0.4, 0.5) is 0 Å². The normalized spacial score (nSPS) is 9.38. The molecular weight excluding hydrogens is 426 g/mol. The van der Waals surface area contributed by atoms with Crippen LogP contribution in [0.1, 0.15) is 0 Å². The van der Waals surface area contributed by atoms with Crippen molar-refractivity contribution in [3.05, 3.63) is 60.7 Å². The summed E-state index contributed by atoms with van der Waals surface area (Å²) in [7, 11) is -9.78. The van der Waals surface area contributed by atoms with Crippen LogP contribution >= 0.6 is 15.6 Å². The van der Waals surface area contributed by atoms with Gasteiger partial charge in [-0.05, 0) is 24.3 Å². The van der Waals surface area contributed by atoms with Crippen molar-refractivity contribution in [1.82, 2.24) is 0 Å². The van der Waals surface area contributed by atoms with Crippen LogP contribution in [0.2, 0.25) is 0 Å². The van der Waals surface area contributed by atoms with Gasteiger partial charge in [0.15, 0.2) is 0 Å². The first-order valence-electron chi connectivity index (χ1n) is 5.69. The third-order valence-electron chi connectivity index (χ3n) is 1.92. The summed E-state index contributed by atoms with van der Waals surface area (Å²) in [6.45, 7) is 0. The first kappa shape index (κ1) is 35.8. The van der Waals surface area contributed by atoms with Gasteiger partial charge in [-0.25, -0.2) is 0 Å². The fourth-order valence-corrected chi connectivity index (χ4v) is 1.98. The Kier molecular flexibility index (Phi) is 24.9. The molecule has 120 valence electrons. The standard InChI is InChI=1S/2C6H7O4P.4Na/c2*7-11(8,9)10-6-4-2-1-3-5-6;;;;/h2*1-5H,(H2,7,8,9);;;;/q;;4*+1/p-4. The number of hydrogen-bond donors (Lipinski definition) is 0. The van der Waals surface area contributed by atoms with E-state index in [1.807, 2.05) is 0 Å². The summed E-state index contributed by atoms with van der Waals surface area (Å²) >= 11 is 0. The maximum absolute atomic E-state index is 10.1. The van der Waals surface area contributed by atoms with Gasteiger partial charge < -0.3 is 37.8 Å². The number of phosphoric acid groups is 2. The van der Waals surface area contributed by atoms with E-state index in [4.69, 9.17) is 0 Å². The quantitative estimate of drug-likeness (QED) is 0.340. The summed E-state index contributed by atoms with van der Waals surface area (Å²) in [6, 6.07) is 15.2. The molecule has 0 fully saturated rings. The smallest absolute Gasteiger partial charge is 0.780 e. The summed E-state index contributed by atoms with van der Waals surface area (Å²) in [4.78, 5) is 40.2. The van der Waals surface area contributed by atoms with Gasteiger partial charge in [-0.2, -0.15) is 0 Å². The van der Waals surface area contributed by atoms with Crippen molar-refractivity contribution in [1.29, 1.82) is 0 Å². The van der Waals surface area contributed by atoms with E-state index in [-0.39, 0.29) is 130 Å². The van der Waals surface area contributed by atoms with E-state index < -0.39 is 15.6 Å². The van der Waals surface area contributed by atoms with Crippen LogP contribution < -0.4 is 147 Å². The third-order valence-corrected chi connectivity index (χ3v) is 2.79. The second kappa shape index (κ2) is 18.1. The fraction of sp³-hybridized carbons (Fsp3) is 0. The average Bonchev–Trinajstić information content (AvgIpc) is 2.38. The molecule has 0 amide bonds. The first-order chi connectivity index (χ1) is 10.2. The van der Waals surface area contributed by atoms with E-state index in [1.54, 1.807) is 36.4 Å². The van der Waals surface area contributed by atoms with Gasteiger partial charge in [0.25, 0.3) is 0 Å². The fourth-order valence-electron chi connectivity index (χ4n) is 1.22. The Labute approximate surface area is 240 Å². The maximum atomic E-state index is 10.1. The zero-order valence-corrected chi connectivity index (χ0v) is 24.7. The number of rotatable bonds is 4. The molecule has 0 saturated heterocycles. The molecule has 0 spiro atoms. The van der Waals surface area contributed by atoms with Crippen molar-refractivity contribution in [2.45, 2.75) is 0 Å². The van der Waals surface area contributed by atoms with E-state index in [2.05, 4.69) is 9.05 Å². The van der Waals surface area contributed by atoms with Gasteiger partial charge in [-0.1, -0.05) is 36.4 Å². The van der Waals surface area contributed by atoms with E-state index in [9.17, 15) is 28.7 Å². The minimum atomic E-state index is -4.89. The van der Waals surface area contributed by atoms with Crippen molar-refractivity contribution in [2.24, 2.45) is 0 Å². The Hall–Kier alpha value is 2.34. The monoisotopic (exact) mass is 436 g/mol. The van der Waals surface area contributed by atoms with Gasteiger partial charge in [0.1, 0.15) is 27.1 Å². The van der Waals surface area contributed by atoms with Crippen LogP contribution in [0, 0.1) is 0 Å². The third kappa shape index (κ3) is 21.1. The molecule has 0 N–H and O–H groups in total. The summed E-state index contributed by atoms with van der Waals surface area (Å²) in [6.07, 6.45) is 0. The predicted octanol–water partition coefficient (Wildman–Crippen LogP) is -12.2. The number of phosphoric ester groups is 2. The molecule has 2 aromatic carbocycles. The topological polar surface area (TPSA) is 145 Å². The molecule has 14 heteroatoms. The molecule has 26 heavy (non-hydrogen) atoms. The summed E-state index contributed by atoms with van der Waals surface area (Å²) in [5.41, 5.74) is 0.